The van der Waals surface area contributed by atoms with Crippen LogP contribution in [0.4, 0.5) is 10.5 Å². The van der Waals surface area contributed by atoms with E-state index in [4.69, 9.17) is 0 Å². The quantitative estimate of drug-likeness (QED) is 0.783. The Kier molecular flexibility index (Phi) is 4.86. The second-order valence-electron chi connectivity index (χ2n) is 8.06. The maximum absolute atomic E-state index is 13.2. The van der Waals surface area contributed by atoms with Crippen LogP contribution in [-0.2, 0) is 21.5 Å². The molecule has 0 aromatic heterocycles. The lowest BCUT2D eigenvalue weighted by Crippen LogP contribution is -2.47. The second-order valence-corrected chi connectivity index (χ2v) is 8.06. The third-order valence-electron chi connectivity index (χ3n) is 5.81. The Hall–Kier alpha value is -3.15. The number of imide groups is 1. The maximum atomic E-state index is 13.2. The van der Waals surface area contributed by atoms with Gasteiger partial charge in [0.15, 0.2) is 0 Å². The van der Waals surface area contributed by atoms with Gasteiger partial charge in [-0.05, 0) is 54.0 Å². The first-order valence-electron chi connectivity index (χ1n) is 10.0. The van der Waals surface area contributed by atoms with Gasteiger partial charge in [-0.15, -0.1) is 0 Å². The number of anilines is 1. The van der Waals surface area contributed by atoms with Gasteiger partial charge in [0.2, 0.25) is 5.91 Å². The first kappa shape index (κ1) is 19.2. The Balaban J connectivity index is 1.49. The topological polar surface area (TPSA) is 78.5 Å². The molecule has 1 saturated heterocycles. The zero-order chi connectivity index (χ0) is 20.6. The van der Waals surface area contributed by atoms with Crippen LogP contribution in [0.1, 0.15) is 49.3 Å². The molecule has 1 heterocycles. The molecule has 0 bridgehead atoms. The zero-order valence-electron chi connectivity index (χ0n) is 16.7. The fourth-order valence-electron chi connectivity index (χ4n) is 4.25. The molecule has 0 radical (unpaired) electrons. The molecule has 0 saturated carbocycles. The number of amides is 4. The van der Waals surface area contributed by atoms with Crippen molar-refractivity contribution in [3.05, 3.63) is 65.2 Å². The average Bonchev–Trinajstić information content (AvgIpc) is 2.93. The van der Waals surface area contributed by atoms with Crippen LogP contribution in [0, 0.1) is 0 Å². The maximum Gasteiger partial charge on any atom is 0.325 e. The summed E-state index contributed by atoms with van der Waals surface area (Å²) in [6.45, 7) is 3.90. The molecule has 1 aliphatic carbocycles. The molecule has 1 fully saturated rings. The van der Waals surface area contributed by atoms with Gasteiger partial charge in [-0.1, -0.05) is 50.2 Å². The average molecular weight is 391 g/mol. The smallest absolute Gasteiger partial charge is 0.325 e. The van der Waals surface area contributed by atoms with Crippen LogP contribution >= 0.6 is 0 Å². The molecule has 2 aliphatic rings. The summed E-state index contributed by atoms with van der Waals surface area (Å²) in [4.78, 5) is 39.4. The molecule has 6 nitrogen and oxygen atoms in total. The summed E-state index contributed by atoms with van der Waals surface area (Å²) >= 11 is 0. The molecule has 0 unspecified atom stereocenters. The van der Waals surface area contributed by atoms with E-state index in [0.717, 1.165) is 28.9 Å². The minimum absolute atomic E-state index is 0.305. The second kappa shape index (κ2) is 7.35. The summed E-state index contributed by atoms with van der Waals surface area (Å²) < 4.78 is 0. The molecule has 1 aliphatic heterocycles. The molecule has 1 atom stereocenters. The molecule has 6 heteroatoms. The number of carbonyl (C=O) groups excluding carboxylic acids is 3. The number of fused-ring (bicyclic) bond motifs is 2. The molecule has 4 amide bonds. The number of hydrogen-bond acceptors (Lipinski definition) is 3. The molecular formula is C23H25N3O3. The summed E-state index contributed by atoms with van der Waals surface area (Å²) in [6, 6.07) is 14.8. The molecule has 4 rings (SSSR count). The van der Waals surface area contributed by atoms with Crippen molar-refractivity contribution in [3.8, 4) is 0 Å². The number of rotatable bonds is 4. The van der Waals surface area contributed by atoms with Crippen molar-refractivity contribution in [1.82, 2.24) is 10.2 Å². The monoisotopic (exact) mass is 391 g/mol. The lowest BCUT2D eigenvalue weighted by molar-refractivity contribution is -0.134. The van der Waals surface area contributed by atoms with E-state index < -0.39 is 17.5 Å². The van der Waals surface area contributed by atoms with Crippen molar-refractivity contribution in [1.29, 1.82) is 0 Å². The minimum Gasteiger partial charge on any atom is -0.325 e. The predicted molar refractivity (Wildman–Crippen MR) is 110 cm³/mol. The largest absolute Gasteiger partial charge is 0.325 e. The molecule has 1 spiro atoms. The standard InChI is InChI=1S/C23H25N3O3/c1-15(2)16-9-11-18(12-10-16)24-20(27)14-26-21(28)23(25-22(26)29)13-5-7-17-6-3-4-8-19(17)23/h3-4,6,8-12,15H,5,7,13-14H2,1-2H3,(H,24,27)(H,25,29)/t23-/m1/s1. The van der Waals surface area contributed by atoms with Crippen LogP contribution in [0.3, 0.4) is 0 Å². The van der Waals surface area contributed by atoms with Crippen molar-refractivity contribution in [2.45, 2.75) is 44.6 Å². The van der Waals surface area contributed by atoms with Crippen molar-refractivity contribution in [3.63, 3.8) is 0 Å². The molecular weight excluding hydrogens is 366 g/mol. The molecule has 2 N–H and O–H groups in total. The number of aryl methyl sites for hydroxylation is 1. The van der Waals surface area contributed by atoms with Gasteiger partial charge in [0.1, 0.15) is 12.1 Å². The molecule has 2 aromatic carbocycles. The number of urea groups is 1. The lowest BCUT2D eigenvalue weighted by atomic mass is 9.76. The fraction of sp³-hybridized carbons (Fsp3) is 0.348. The van der Waals surface area contributed by atoms with E-state index in [1.807, 2.05) is 48.5 Å². The summed E-state index contributed by atoms with van der Waals surface area (Å²) in [5, 5.41) is 5.65. The number of benzene rings is 2. The van der Waals surface area contributed by atoms with Gasteiger partial charge in [-0.25, -0.2) is 4.79 Å². The van der Waals surface area contributed by atoms with Crippen LogP contribution in [0.15, 0.2) is 48.5 Å². The highest BCUT2D eigenvalue weighted by Gasteiger charge is 2.54. The van der Waals surface area contributed by atoms with E-state index in [0.29, 0.717) is 18.0 Å². The van der Waals surface area contributed by atoms with Gasteiger partial charge in [-0.2, -0.15) is 0 Å². The van der Waals surface area contributed by atoms with Crippen molar-refractivity contribution in [2.75, 3.05) is 11.9 Å². The fourth-order valence-corrected chi connectivity index (χ4v) is 4.25. The van der Waals surface area contributed by atoms with E-state index in [1.54, 1.807) is 0 Å². The number of carbonyl (C=O) groups is 3. The number of nitrogens with one attached hydrogen (secondary N) is 2. The Morgan fingerprint density at radius 2 is 1.86 bits per heavy atom. The third-order valence-corrected chi connectivity index (χ3v) is 5.81. The highest BCUT2D eigenvalue weighted by molar-refractivity contribution is 6.10. The van der Waals surface area contributed by atoms with Crippen LogP contribution in [-0.4, -0.2) is 29.3 Å². The first-order valence-corrected chi connectivity index (χ1v) is 10.0. The minimum atomic E-state index is -1.05. The Labute approximate surface area is 170 Å². The third kappa shape index (κ3) is 3.39. The van der Waals surface area contributed by atoms with Crippen LogP contribution < -0.4 is 10.6 Å². The highest BCUT2D eigenvalue weighted by Crippen LogP contribution is 2.39. The zero-order valence-corrected chi connectivity index (χ0v) is 16.7. The summed E-state index contributed by atoms with van der Waals surface area (Å²) in [7, 11) is 0. The van der Waals surface area contributed by atoms with E-state index in [1.165, 1.54) is 5.56 Å². The first-order chi connectivity index (χ1) is 13.9. The summed E-state index contributed by atoms with van der Waals surface area (Å²) in [5.74, 6) is -0.341. The molecule has 2 aromatic rings. The molecule has 150 valence electrons. The SMILES string of the molecule is CC(C)c1ccc(NC(=O)CN2C(=O)N[C@@]3(CCCc4ccccc43)C2=O)cc1. The van der Waals surface area contributed by atoms with E-state index in [2.05, 4.69) is 24.5 Å². The van der Waals surface area contributed by atoms with Gasteiger partial charge in [0.25, 0.3) is 5.91 Å². The molecule has 29 heavy (non-hydrogen) atoms. The van der Waals surface area contributed by atoms with E-state index in [-0.39, 0.29) is 12.5 Å². The Morgan fingerprint density at radius 1 is 1.14 bits per heavy atom. The van der Waals surface area contributed by atoms with Crippen molar-refractivity contribution < 1.29 is 14.4 Å². The van der Waals surface area contributed by atoms with E-state index in [9.17, 15) is 14.4 Å². The lowest BCUT2D eigenvalue weighted by Gasteiger charge is -2.33. The van der Waals surface area contributed by atoms with Gasteiger partial charge in [0.05, 0.1) is 0 Å². The number of nitrogens with zero attached hydrogens (tertiary/aromatic N) is 1. The van der Waals surface area contributed by atoms with E-state index >= 15 is 0 Å². The highest BCUT2D eigenvalue weighted by atomic mass is 16.2. The normalized spacial score (nSPS) is 20.7. The Bertz CT molecular complexity index is 968. The van der Waals surface area contributed by atoms with Gasteiger partial charge in [-0.3, -0.25) is 14.5 Å². The van der Waals surface area contributed by atoms with Gasteiger partial charge >= 0.3 is 6.03 Å². The van der Waals surface area contributed by atoms with Crippen LogP contribution in [0.25, 0.3) is 0 Å². The van der Waals surface area contributed by atoms with Gasteiger partial charge < -0.3 is 10.6 Å². The van der Waals surface area contributed by atoms with Crippen LogP contribution in [0.5, 0.6) is 0 Å². The van der Waals surface area contributed by atoms with Crippen LogP contribution in [0.2, 0.25) is 0 Å². The summed E-state index contributed by atoms with van der Waals surface area (Å²) in [6.07, 6.45) is 2.24. The summed E-state index contributed by atoms with van der Waals surface area (Å²) in [5.41, 5.74) is 2.69. The Morgan fingerprint density at radius 3 is 2.59 bits per heavy atom. The van der Waals surface area contributed by atoms with Crippen molar-refractivity contribution >= 4 is 23.5 Å². The van der Waals surface area contributed by atoms with Gasteiger partial charge in [0, 0.05) is 5.69 Å². The van der Waals surface area contributed by atoms with Crippen molar-refractivity contribution in [2.24, 2.45) is 0 Å². The number of hydrogen-bond donors (Lipinski definition) is 2. The predicted octanol–water partition coefficient (Wildman–Crippen LogP) is 3.53.